The highest BCUT2D eigenvalue weighted by Gasteiger charge is 2.26. The molecule has 2 heterocycles. The normalized spacial score (nSPS) is 11.0. The van der Waals surface area contributed by atoms with Crippen LogP contribution in [0.5, 0.6) is 0 Å². The van der Waals surface area contributed by atoms with Gasteiger partial charge in [0.25, 0.3) is 17.1 Å². The van der Waals surface area contributed by atoms with Gasteiger partial charge in [0.05, 0.1) is 0 Å². The van der Waals surface area contributed by atoms with Crippen LogP contribution in [0, 0.1) is 6.92 Å². The van der Waals surface area contributed by atoms with E-state index in [-0.39, 0.29) is 18.0 Å². The van der Waals surface area contributed by atoms with Crippen LogP contribution in [0.15, 0.2) is 38.6 Å². The van der Waals surface area contributed by atoms with Crippen LogP contribution in [0.25, 0.3) is 11.2 Å². The number of fused-ring (bicyclic) bond motifs is 1. The number of rotatable bonds is 3. The molecule has 0 radical (unpaired) electrons. The summed E-state index contributed by atoms with van der Waals surface area (Å²) in [6, 6.07) is 7.42. The summed E-state index contributed by atoms with van der Waals surface area (Å²) < 4.78 is 4.27. The maximum absolute atomic E-state index is 12.5. The average Bonchev–Trinajstić information content (AvgIpc) is 2.90. The quantitative estimate of drug-likeness (QED) is 0.491. The van der Waals surface area contributed by atoms with Gasteiger partial charge in [0.1, 0.15) is 0 Å². The Kier molecular flexibility index (Phi) is 4.34. The van der Waals surface area contributed by atoms with Crippen LogP contribution in [-0.2, 0) is 25.4 Å². The first-order chi connectivity index (χ1) is 11.8. The zero-order valence-electron chi connectivity index (χ0n) is 14.0. The summed E-state index contributed by atoms with van der Waals surface area (Å²) in [6.45, 7) is 1.88. The molecule has 8 nitrogen and oxygen atoms in total. The van der Waals surface area contributed by atoms with Gasteiger partial charge in [0.2, 0.25) is 0 Å². The molecule has 25 heavy (non-hydrogen) atoms. The van der Waals surface area contributed by atoms with Crippen molar-refractivity contribution >= 4 is 38.7 Å². The number of aryl methyl sites for hydroxylation is 2. The number of imidazole rings is 1. The third-order valence-electron chi connectivity index (χ3n) is 4.01. The Hall–Kier alpha value is -2.68. The highest BCUT2D eigenvalue weighted by atomic mass is 79.9. The molecule has 1 amide bonds. The number of carbonyl (C=O) groups excluding carboxylic acids is 1. The number of H-pyrrole nitrogens is 1. The van der Waals surface area contributed by atoms with E-state index in [2.05, 4.69) is 26.2 Å². The maximum atomic E-state index is 12.5. The predicted molar refractivity (Wildman–Crippen MR) is 96.5 cm³/mol. The average molecular weight is 407 g/mol. The van der Waals surface area contributed by atoms with Crippen LogP contribution in [-0.4, -0.2) is 20.0 Å². The molecule has 130 valence electrons. The third-order valence-corrected chi connectivity index (χ3v) is 4.63. The molecule has 0 bridgehead atoms. The fraction of sp³-hybridized carbons (Fsp3) is 0.250. The first-order valence-corrected chi connectivity index (χ1v) is 8.32. The first kappa shape index (κ1) is 17.2. The fourth-order valence-corrected chi connectivity index (χ4v) is 3.10. The number of nitrogens with one attached hydrogen (secondary N) is 2. The molecule has 0 fully saturated rings. The van der Waals surface area contributed by atoms with Gasteiger partial charge in [0, 0.05) is 35.7 Å². The number of anilines is 1. The van der Waals surface area contributed by atoms with Crippen molar-refractivity contribution in [1.82, 2.24) is 14.1 Å². The van der Waals surface area contributed by atoms with Crippen LogP contribution in [0.4, 0.5) is 5.69 Å². The maximum Gasteiger partial charge on any atom is 0.333 e. The number of aromatic nitrogens is 4. The van der Waals surface area contributed by atoms with E-state index in [4.69, 9.17) is 0 Å². The van der Waals surface area contributed by atoms with Gasteiger partial charge in [0.15, 0.2) is 6.54 Å². The molecule has 3 aromatic rings. The monoisotopic (exact) mass is 406 g/mol. The van der Waals surface area contributed by atoms with Crippen molar-refractivity contribution in [2.75, 3.05) is 5.32 Å². The number of nitrogens with zero attached hydrogens (tertiary/aromatic N) is 3. The van der Waals surface area contributed by atoms with Gasteiger partial charge in [-0.3, -0.25) is 18.7 Å². The Labute approximate surface area is 150 Å². The fourth-order valence-electron chi connectivity index (χ4n) is 2.61. The Morgan fingerprint density at radius 1 is 1.20 bits per heavy atom. The van der Waals surface area contributed by atoms with Crippen LogP contribution < -0.4 is 21.1 Å². The molecule has 0 aliphatic carbocycles. The van der Waals surface area contributed by atoms with E-state index in [1.165, 1.54) is 16.2 Å². The predicted octanol–water partition coefficient (Wildman–Crippen LogP) is 0.562. The second-order valence-corrected chi connectivity index (χ2v) is 6.57. The molecule has 0 aliphatic rings. The smallest absolute Gasteiger partial charge is 0.323 e. The topological polar surface area (TPSA) is 92.8 Å². The van der Waals surface area contributed by atoms with E-state index < -0.39 is 11.2 Å². The number of halogens is 1. The summed E-state index contributed by atoms with van der Waals surface area (Å²) in [5.41, 5.74) is 1.45. The molecule has 1 aromatic carbocycles. The Morgan fingerprint density at radius 3 is 2.48 bits per heavy atom. The minimum Gasteiger partial charge on any atom is -0.323 e. The lowest BCUT2D eigenvalue weighted by molar-refractivity contribution is -0.669. The molecule has 0 saturated heterocycles. The van der Waals surface area contributed by atoms with Crippen molar-refractivity contribution in [3.8, 4) is 0 Å². The number of hydrogen-bond donors (Lipinski definition) is 2. The van der Waals surface area contributed by atoms with E-state index in [9.17, 15) is 14.4 Å². The van der Waals surface area contributed by atoms with Crippen molar-refractivity contribution < 1.29 is 9.36 Å². The van der Waals surface area contributed by atoms with Gasteiger partial charge in [-0.05, 0) is 19.1 Å². The summed E-state index contributed by atoms with van der Waals surface area (Å²) in [5, 5.41) is 2.79. The SMILES string of the molecule is Cc1ccc(NC(=O)C[n+]2c(Br)[nH]c3c2c(=O)n(C)c(=O)n3C)cc1. The minimum atomic E-state index is -0.469. The van der Waals surface area contributed by atoms with Crippen LogP contribution >= 0.6 is 15.9 Å². The minimum absolute atomic E-state index is 0.0814. The number of carbonyl (C=O) groups is 1. The van der Waals surface area contributed by atoms with E-state index in [1.807, 2.05) is 31.2 Å². The van der Waals surface area contributed by atoms with Gasteiger partial charge in [-0.1, -0.05) is 17.7 Å². The first-order valence-electron chi connectivity index (χ1n) is 7.53. The van der Waals surface area contributed by atoms with Gasteiger partial charge < -0.3 is 5.32 Å². The molecular weight excluding hydrogens is 390 g/mol. The molecule has 0 aliphatic heterocycles. The van der Waals surface area contributed by atoms with Crippen molar-refractivity contribution in [3.05, 3.63) is 55.4 Å². The Bertz CT molecular complexity index is 1090. The van der Waals surface area contributed by atoms with E-state index in [1.54, 1.807) is 7.05 Å². The van der Waals surface area contributed by atoms with Gasteiger partial charge in [-0.15, -0.1) is 0 Å². The Balaban J connectivity index is 2.00. The number of hydrogen-bond acceptors (Lipinski definition) is 3. The van der Waals surface area contributed by atoms with Crippen LogP contribution in [0.3, 0.4) is 0 Å². The Morgan fingerprint density at radius 2 is 1.84 bits per heavy atom. The molecule has 0 unspecified atom stereocenters. The number of aromatic amines is 1. The van der Waals surface area contributed by atoms with Gasteiger partial charge in [-0.2, -0.15) is 0 Å². The molecular formula is C16H17BrN5O3+. The molecule has 3 rings (SSSR count). The lowest BCUT2D eigenvalue weighted by Crippen LogP contribution is -2.46. The summed E-state index contributed by atoms with van der Waals surface area (Å²) in [4.78, 5) is 39.8. The van der Waals surface area contributed by atoms with E-state index >= 15 is 0 Å². The van der Waals surface area contributed by atoms with E-state index in [0.29, 0.717) is 16.1 Å². The molecule has 0 saturated carbocycles. The van der Waals surface area contributed by atoms with E-state index in [0.717, 1.165) is 10.1 Å². The molecule has 2 N–H and O–H groups in total. The summed E-state index contributed by atoms with van der Waals surface area (Å²) in [5.74, 6) is -0.286. The molecule has 9 heteroatoms. The van der Waals surface area contributed by atoms with Gasteiger partial charge >= 0.3 is 16.0 Å². The second-order valence-electron chi connectivity index (χ2n) is 5.82. The van der Waals surface area contributed by atoms with Gasteiger partial charge in [-0.25, -0.2) is 14.3 Å². The third kappa shape index (κ3) is 3.02. The van der Waals surface area contributed by atoms with Crippen molar-refractivity contribution in [1.29, 1.82) is 0 Å². The lowest BCUT2D eigenvalue weighted by Gasteiger charge is -2.05. The zero-order chi connectivity index (χ0) is 18.3. The standard InChI is InChI=1S/C16H16BrN5O3/c1-9-4-6-10(7-5-9)18-11(23)8-22-12-13(19-15(22)17)20(2)16(25)21(3)14(12)24/h4-7H,8H2,1-3H3,(H,18,23)/p+1. The molecule has 2 aromatic heterocycles. The number of benzene rings is 1. The van der Waals surface area contributed by atoms with Crippen molar-refractivity contribution in [2.24, 2.45) is 14.1 Å². The summed E-state index contributed by atoms with van der Waals surface area (Å²) in [6.07, 6.45) is 0. The second kappa shape index (κ2) is 6.32. The summed E-state index contributed by atoms with van der Waals surface area (Å²) in [7, 11) is 2.96. The highest BCUT2D eigenvalue weighted by molar-refractivity contribution is 9.10. The largest absolute Gasteiger partial charge is 0.333 e. The zero-order valence-corrected chi connectivity index (χ0v) is 15.5. The van der Waals surface area contributed by atoms with Crippen molar-refractivity contribution in [3.63, 3.8) is 0 Å². The van der Waals surface area contributed by atoms with Crippen LogP contribution in [0.1, 0.15) is 5.56 Å². The molecule has 0 spiro atoms. The lowest BCUT2D eigenvalue weighted by atomic mass is 10.2. The van der Waals surface area contributed by atoms with Crippen LogP contribution in [0.2, 0.25) is 0 Å². The highest BCUT2D eigenvalue weighted by Crippen LogP contribution is 2.10. The number of amides is 1. The van der Waals surface area contributed by atoms with Crippen molar-refractivity contribution in [2.45, 2.75) is 13.5 Å². The summed E-state index contributed by atoms with van der Waals surface area (Å²) >= 11 is 3.31. The molecule has 0 atom stereocenters.